The summed E-state index contributed by atoms with van der Waals surface area (Å²) in [6, 6.07) is 11.5. The highest BCUT2D eigenvalue weighted by Crippen LogP contribution is 2.10. The van der Waals surface area contributed by atoms with Gasteiger partial charge in [-0.15, -0.1) is 0 Å². The van der Waals surface area contributed by atoms with Crippen molar-refractivity contribution in [3.63, 3.8) is 0 Å². The number of rotatable bonds is 8. The van der Waals surface area contributed by atoms with Crippen molar-refractivity contribution < 1.29 is 9.32 Å². The maximum atomic E-state index is 12.3. The predicted octanol–water partition coefficient (Wildman–Crippen LogP) is 2.17. The highest BCUT2D eigenvalue weighted by molar-refractivity contribution is 5.80. The van der Waals surface area contributed by atoms with Crippen LogP contribution in [0.2, 0.25) is 0 Å². The molecule has 3 rings (SSSR count). The van der Waals surface area contributed by atoms with Crippen molar-refractivity contribution in [3.05, 3.63) is 66.1 Å². The van der Waals surface area contributed by atoms with E-state index < -0.39 is 0 Å². The molecule has 0 saturated heterocycles. The molecule has 1 N–H and O–H groups in total. The van der Waals surface area contributed by atoms with Crippen LogP contribution in [0, 0.1) is 0 Å². The molecule has 1 amide bonds. The molecule has 3 aromatic rings. The molecule has 0 aliphatic rings. The van der Waals surface area contributed by atoms with Crippen LogP contribution in [0.1, 0.15) is 36.7 Å². The molecule has 0 spiro atoms. The monoisotopic (exact) mass is 339 g/mol. The van der Waals surface area contributed by atoms with E-state index in [2.05, 4.69) is 20.6 Å². The van der Waals surface area contributed by atoms with Gasteiger partial charge in [-0.3, -0.25) is 9.48 Å². The Kier molecular flexibility index (Phi) is 5.56. The minimum absolute atomic E-state index is 0.0600. The Balaban J connectivity index is 1.48. The minimum Gasteiger partial charge on any atom is -0.354 e. The van der Waals surface area contributed by atoms with Crippen LogP contribution >= 0.6 is 0 Å². The van der Waals surface area contributed by atoms with Gasteiger partial charge in [0.1, 0.15) is 6.04 Å². The van der Waals surface area contributed by atoms with E-state index in [0.717, 1.165) is 5.56 Å². The predicted molar refractivity (Wildman–Crippen MR) is 91.8 cm³/mol. The summed E-state index contributed by atoms with van der Waals surface area (Å²) in [4.78, 5) is 16.6. The number of hydrogen-bond donors (Lipinski definition) is 1. The molecular weight excluding hydrogens is 318 g/mol. The number of carbonyl (C=O) groups is 1. The standard InChI is InChI=1S/C18H21N5O2/c1-2-15(23-12-6-10-20-23)18(24)19-11-9-17-21-16(22-25-17)13-14-7-4-3-5-8-14/h3-8,10,12,15H,2,9,11,13H2,1H3,(H,19,24)/t15-/m1/s1. The van der Waals surface area contributed by atoms with E-state index >= 15 is 0 Å². The summed E-state index contributed by atoms with van der Waals surface area (Å²) in [5.74, 6) is 1.11. The average Bonchev–Trinajstić information content (AvgIpc) is 3.29. The summed E-state index contributed by atoms with van der Waals surface area (Å²) in [6.07, 6.45) is 5.27. The molecule has 0 radical (unpaired) electrons. The van der Waals surface area contributed by atoms with E-state index in [4.69, 9.17) is 4.52 Å². The van der Waals surface area contributed by atoms with Gasteiger partial charge in [-0.1, -0.05) is 42.4 Å². The fraction of sp³-hybridized carbons (Fsp3) is 0.333. The van der Waals surface area contributed by atoms with Crippen LogP contribution in [-0.4, -0.2) is 32.4 Å². The van der Waals surface area contributed by atoms with Gasteiger partial charge in [-0.25, -0.2) is 0 Å². The van der Waals surface area contributed by atoms with Gasteiger partial charge in [0.25, 0.3) is 0 Å². The molecule has 1 atom stereocenters. The van der Waals surface area contributed by atoms with Crippen LogP contribution < -0.4 is 5.32 Å². The zero-order valence-corrected chi connectivity index (χ0v) is 14.1. The highest BCUT2D eigenvalue weighted by atomic mass is 16.5. The third-order valence-corrected chi connectivity index (χ3v) is 3.89. The van der Waals surface area contributed by atoms with Gasteiger partial charge in [0.2, 0.25) is 11.8 Å². The van der Waals surface area contributed by atoms with E-state index in [-0.39, 0.29) is 11.9 Å². The van der Waals surface area contributed by atoms with Crippen molar-refractivity contribution in [2.45, 2.75) is 32.2 Å². The van der Waals surface area contributed by atoms with Crippen LogP contribution in [0.15, 0.2) is 53.3 Å². The zero-order chi connectivity index (χ0) is 17.5. The van der Waals surface area contributed by atoms with Gasteiger partial charge in [-0.05, 0) is 18.1 Å². The highest BCUT2D eigenvalue weighted by Gasteiger charge is 2.18. The lowest BCUT2D eigenvalue weighted by molar-refractivity contribution is -0.124. The lowest BCUT2D eigenvalue weighted by Crippen LogP contribution is -2.33. The molecule has 25 heavy (non-hydrogen) atoms. The van der Waals surface area contributed by atoms with Crippen LogP contribution in [0.3, 0.4) is 0 Å². The third kappa shape index (κ3) is 4.53. The fourth-order valence-corrected chi connectivity index (χ4v) is 2.61. The largest absolute Gasteiger partial charge is 0.354 e. The molecule has 7 nitrogen and oxygen atoms in total. The molecule has 0 bridgehead atoms. The smallest absolute Gasteiger partial charge is 0.244 e. The van der Waals surface area contributed by atoms with Gasteiger partial charge in [-0.2, -0.15) is 10.1 Å². The Morgan fingerprint density at radius 3 is 2.84 bits per heavy atom. The third-order valence-electron chi connectivity index (χ3n) is 3.89. The van der Waals surface area contributed by atoms with Crippen molar-refractivity contribution in [2.24, 2.45) is 0 Å². The van der Waals surface area contributed by atoms with Crippen molar-refractivity contribution in [1.82, 2.24) is 25.2 Å². The van der Waals surface area contributed by atoms with Crippen LogP contribution in [0.4, 0.5) is 0 Å². The Labute approximate surface area is 146 Å². The summed E-state index contributed by atoms with van der Waals surface area (Å²) in [5.41, 5.74) is 1.13. The number of nitrogens with one attached hydrogen (secondary N) is 1. The lowest BCUT2D eigenvalue weighted by atomic mass is 10.1. The lowest BCUT2D eigenvalue weighted by Gasteiger charge is -2.14. The normalized spacial score (nSPS) is 12.0. The first-order chi connectivity index (χ1) is 12.3. The number of aromatic nitrogens is 4. The number of carbonyl (C=O) groups excluding carboxylic acids is 1. The number of amides is 1. The Morgan fingerprint density at radius 2 is 2.12 bits per heavy atom. The van der Waals surface area contributed by atoms with E-state index in [0.29, 0.717) is 37.5 Å². The first kappa shape index (κ1) is 16.9. The van der Waals surface area contributed by atoms with Crippen LogP contribution in [-0.2, 0) is 17.6 Å². The van der Waals surface area contributed by atoms with E-state index in [1.54, 1.807) is 17.1 Å². The minimum atomic E-state index is -0.300. The number of benzene rings is 1. The summed E-state index contributed by atoms with van der Waals surface area (Å²) in [5, 5.41) is 11.0. The molecule has 0 aliphatic carbocycles. The molecule has 130 valence electrons. The SMILES string of the molecule is CC[C@H](C(=O)NCCc1nc(Cc2ccccc2)no1)n1cccn1. The van der Waals surface area contributed by atoms with Crippen LogP contribution in [0.25, 0.3) is 0 Å². The maximum Gasteiger partial charge on any atom is 0.244 e. The second-order valence-corrected chi connectivity index (χ2v) is 5.72. The summed E-state index contributed by atoms with van der Waals surface area (Å²) in [7, 11) is 0. The van der Waals surface area contributed by atoms with Gasteiger partial charge in [0.15, 0.2) is 5.82 Å². The Bertz CT molecular complexity index is 783. The molecule has 0 unspecified atom stereocenters. The van der Waals surface area contributed by atoms with Gasteiger partial charge in [0.05, 0.1) is 0 Å². The average molecular weight is 339 g/mol. The first-order valence-corrected chi connectivity index (χ1v) is 8.38. The summed E-state index contributed by atoms with van der Waals surface area (Å²) < 4.78 is 6.91. The first-order valence-electron chi connectivity index (χ1n) is 8.38. The van der Waals surface area contributed by atoms with Crippen molar-refractivity contribution in [1.29, 1.82) is 0 Å². The van der Waals surface area contributed by atoms with E-state index in [1.165, 1.54) is 0 Å². The number of nitrogens with zero attached hydrogens (tertiary/aromatic N) is 4. The number of hydrogen-bond acceptors (Lipinski definition) is 5. The molecule has 7 heteroatoms. The van der Waals surface area contributed by atoms with Gasteiger partial charge < -0.3 is 9.84 Å². The second-order valence-electron chi connectivity index (χ2n) is 5.72. The molecule has 0 saturated carbocycles. The topological polar surface area (TPSA) is 85.8 Å². The Hall–Kier alpha value is -2.96. The molecule has 2 aromatic heterocycles. The quantitative estimate of drug-likeness (QED) is 0.680. The Morgan fingerprint density at radius 1 is 1.28 bits per heavy atom. The second kappa shape index (κ2) is 8.23. The molecule has 1 aromatic carbocycles. The molecule has 0 aliphatic heterocycles. The molecule has 2 heterocycles. The zero-order valence-electron chi connectivity index (χ0n) is 14.1. The van der Waals surface area contributed by atoms with E-state index in [9.17, 15) is 4.79 Å². The van der Waals surface area contributed by atoms with Crippen molar-refractivity contribution in [3.8, 4) is 0 Å². The van der Waals surface area contributed by atoms with E-state index in [1.807, 2.05) is 43.3 Å². The molecule has 0 fully saturated rings. The van der Waals surface area contributed by atoms with Crippen LogP contribution in [0.5, 0.6) is 0 Å². The van der Waals surface area contributed by atoms with Gasteiger partial charge in [0, 0.05) is 31.8 Å². The summed E-state index contributed by atoms with van der Waals surface area (Å²) >= 11 is 0. The van der Waals surface area contributed by atoms with Crippen molar-refractivity contribution >= 4 is 5.91 Å². The fourth-order valence-electron chi connectivity index (χ4n) is 2.61. The summed E-state index contributed by atoms with van der Waals surface area (Å²) in [6.45, 7) is 2.41. The van der Waals surface area contributed by atoms with Crippen molar-refractivity contribution in [2.75, 3.05) is 6.54 Å². The molecular formula is C18H21N5O2. The van der Waals surface area contributed by atoms with Gasteiger partial charge >= 0.3 is 0 Å². The maximum absolute atomic E-state index is 12.3.